The zero-order chi connectivity index (χ0) is 13.9. The molecule has 0 spiro atoms. The van der Waals surface area contributed by atoms with Crippen molar-refractivity contribution in [2.75, 3.05) is 18.9 Å². The van der Waals surface area contributed by atoms with E-state index in [0.717, 1.165) is 41.7 Å². The second-order valence-corrected chi connectivity index (χ2v) is 5.01. The van der Waals surface area contributed by atoms with E-state index in [2.05, 4.69) is 10.3 Å². The van der Waals surface area contributed by atoms with E-state index in [1.807, 2.05) is 54.4 Å². The van der Waals surface area contributed by atoms with Gasteiger partial charge in [0.15, 0.2) is 0 Å². The zero-order valence-electron chi connectivity index (χ0n) is 11.5. The summed E-state index contributed by atoms with van der Waals surface area (Å²) in [5, 5.41) is 5.02. The summed E-state index contributed by atoms with van der Waals surface area (Å²) in [6.07, 6.45) is 1.94. The molecule has 0 bridgehead atoms. The lowest BCUT2D eigenvalue weighted by Crippen LogP contribution is -2.21. The molecule has 2 aromatic carbocycles. The molecule has 1 aliphatic rings. The van der Waals surface area contributed by atoms with Crippen LogP contribution < -0.4 is 5.32 Å². The van der Waals surface area contributed by atoms with Crippen molar-refractivity contribution in [2.24, 2.45) is 4.99 Å². The van der Waals surface area contributed by atoms with Crippen LogP contribution in [0.2, 0.25) is 0 Å². The number of aliphatic imine (C=N–C) groups is 1. The molecule has 0 aromatic heterocycles. The normalized spacial score (nSPS) is 16.9. The zero-order valence-corrected chi connectivity index (χ0v) is 11.5. The average Bonchev–Trinajstić information content (AvgIpc) is 2.85. The van der Waals surface area contributed by atoms with Crippen molar-refractivity contribution >= 4 is 28.3 Å². The smallest absolute Gasteiger partial charge is 0.347 e. The number of amides is 2. The number of nitrogens with one attached hydrogen (secondary N) is 1. The number of hydrogen-bond acceptors (Lipinski definition) is 1. The minimum atomic E-state index is -0.301. The number of carbonyl (C=O) groups excluding carboxylic acids is 1. The van der Waals surface area contributed by atoms with Crippen LogP contribution in [0.4, 0.5) is 10.5 Å². The lowest BCUT2D eigenvalue weighted by molar-refractivity contribution is 0.259. The molecule has 0 radical (unpaired) electrons. The Balaban J connectivity index is 1.84. The van der Waals surface area contributed by atoms with Crippen LogP contribution in [0.5, 0.6) is 0 Å². The van der Waals surface area contributed by atoms with Crippen molar-refractivity contribution in [3.05, 3.63) is 42.5 Å². The molecule has 4 nitrogen and oxygen atoms in total. The van der Waals surface area contributed by atoms with Gasteiger partial charge in [-0.2, -0.15) is 4.99 Å². The number of amidine groups is 1. The molecular formula is C16H17N3O. The Morgan fingerprint density at radius 1 is 1.20 bits per heavy atom. The Bertz CT molecular complexity index is 673. The van der Waals surface area contributed by atoms with Crippen molar-refractivity contribution in [2.45, 2.75) is 12.8 Å². The molecule has 4 heteroatoms. The molecule has 1 aliphatic heterocycles. The Kier molecular flexibility index (Phi) is 3.37. The van der Waals surface area contributed by atoms with Gasteiger partial charge in [0.2, 0.25) is 0 Å². The van der Waals surface area contributed by atoms with Gasteiger partial charge >= 0.3 is 6.03 Å². The lowest BCUT2D eigenvalue weighted by atomic mass is 10.1. The maximum absolute atomic E-state index is 12.0. The van der Waals surface area contributed by atoms with Crippen LogP contribution in [0.25, 0.3) is 10.8 Å². The van der Waals surface area contributed by atoms with E-state index in [1.54, 1.807) is 0 Å². The summed E-state index contributed by atoms with van der Waals surface area (Å²) < 4.78 is 0. The highest BCUT2D eigenvalue weighted by molar-refractivity contribution is 6.05. The maximum atomic E-state index is 12.0. The van der Waals surface area contributed by atoms with Gasteiger partial charge in [-0.05, 0) is 17.9 Å². The van der Waals surface area contributed by atoms with E-state index in [9.17, 15) is 4.79 Å². The molecule has 1 saturated heterocycles. The third kappa shape index (κ3) is 2.50. The molecule has 1 heterocycles. The molecule has 0 atom stereocenters. The van der Waals surface area contributed by atoms with Crippen LogP contribution in [0.15, 0.2) is 47.5 Å². The van der Waals surface area contributed by atoms with Gasteiger partial charge in [0, 0.05) is 25.4 Å². The van der Waals surface area contributed by atoms with E-state index in [4.69, 9.17) is 0 Å². The van der Waals surface area contributed by atoms with Crippen molar-refractivity contribution < 1.29 is 4.79 Å². The Morgan fingerprint density at radius 2 is 2.00 bits per heavy atom. The summed E-state index contributed by atoms with van der Waals surface area (Å²) in [4.78, 5) is 18.2. The van der Waals surface area contributed by atoms with E-state index in [0.29, 0.717) is 0 Å². The predicted molar refractivity (Wildman–Crippen MR) is 82.3 cm³/mol. The predicted octanol–water partition coefficient (Wildman–Crippen LogP) is 3.50. The van der Waals surface area contributed by atoms with Gasteiger partial charge in [0.05, 0.1) is 5.69 Å². The molecule has 0 unspecified atom stereocenters. The van der Waals surface area contributed by atoms with Gasteiger partial charge in [0.25, 0.3) is 0 Å². The maximum Gasteiger partial charge on any atom is 0.347 e. The van der Waals surface area contributed by atoms with Crippen LogP contribution >= 0.6 is 0 Å². The summed E-state index contributed by atoms with van der Waals surface area (Å²) in [6, 6.07) is 13.6. The molecule has 20 heavy (non-hydrogen) atoms. The highest BCUT2D eigenvalue weighted by Gasteiger charge is 2.15. The first-order valence-electron chi connectivity index (χ1n) is 6.81. The minimum absolute atomic E-state index is 0.301. The van der Waals surface area contributed by atoms with Gasteiger partial charge < -0.3 is 10.2 Å². The lowest BCUT2D eigenvalue weighted by Gasteiger charge is -2.11. The number of rotatable bonds is 1. The molecule has 0 aliphatic carbocycles. The summed E-state index contributed by atoms with van der Waals surface area (Å²) >= 11 is 0. The highest BCUT2D eigenvalue weighted by Crippen LogP contribution is 2.23. The van der Waals surface area contributed by atoms with E-state index >= 15 is 0 Å². The number of fused-ring (bicyclic) bond motifs is 1. The molecule has 2 aromatic rings. The molecule has 1 fully saturated rings. The third-order valence-electron chi connectivity index (χ3n) is 3.60. The first-order valence-corrected chi connectivity index (χ1v) is 6.81. The fraction of sp³-hybridized carbons (Fsp3) is 0.250. The van der Waals surface area contributed by atoms with Gasteiger partial charge in [0.1, 0.15) is 5.84 Å². The quantitative estimate of drug-likeness (QED) is 0.859. The Labute approximate surface area is 118 Å². The van der Waals surface area contributed by atoms with E-state index in [-0.39, 0.29) is 6.03 Å². The highest BCUT2D eigenvalue weighted by atomic mass is 16.2. The molecule has 2 amide bonds. The summed E-state index contributed by atoms with van der Waals surface area (Å²) in [6.45, 7) is 0.973. The Hall–Kier alpha value is -2.36. The van der Waals surface area contributed by atoms with Crippen LogP contribution in [0, 0.1) is 0 Å². The van der Waals surface area contributed by atoms with Crippen LogP contribution in [-0.4, -0.2) is 30.4 Å². The topological polar surface area (TPSA) is 44.7 Å². The van der Waals surface area contributed by atoms with E-state index in [1.165, 1.54) is 0 Å². The van der Waals surface area contributed by atoms with Crippen molar-refractivity contribution in [1.82, 2.24) is 4.90 Å². The second-order valence-electron chi connectivity index (χ2n) is 5.01. The van der Waals surface area contributed by atoms with Gasteiger partial charge in [-0.25, -0.2) is 4.79 Å². The molecular weight excluding hydrogens is 250 g/mol. The van der Waals surface area contributed by atoms with Crippen molar-refractivity contribution in [1.29, 1.82) is 0 Å². The van der Waals surface area contributed by atoms with Crippen molar-refractivity contribution in [3.63, 3.8) is 0 Å². The van der Waals surface area contributed by atoms with Gasteiger partial charge in [-0.3, -0.25) is 0 Å². The van der Waals surface area contributed by atoms with Gasteiger partial charge in [-0.1, -0.05) is 36.4 Å². The molecule has 0 saturated carbocycles. The number of hydrogen-bond donors (Lipinski definition) is 1. The standard InChI is InChI=1S/C16H17N3O/c1-19-11-5-10-15(19)18-16(20)17-14-9-4-7-12-6-2-3-8-13(12)14/h2-4,6-9H,5,10-11H2,1H3,(H,17,20). The minimum Gasteiger partial charge on any atom is -0.363 e. The molecule has 3 rings (SSSR count). The number of nitrogens with zero attached hydrogens (tertiary/aromatic N) is 2. The largest absolute Gasteiger partial charge is 0.363 e. The van der Waals surface area contributed by atoms with Crippen molar-refractivity contribution in [3.8, 4) is 0 Å². The second kappa shape index (κ2) is 5.33. The third-order valence-corrected chi connectivity index (χ3v) is 3.60. The van der Waals surface area contributed by atoms with Gasteiger partial charge in [-0.15, -0.1) is 0 Å². The fourth-order valence-corrected chi connectivity index (χ4v) is 2.53. The van der Waals surface area contributed by atoms with Crippen LogP contribution in [0.3, 0.4) is 0 Å². The summed E-state index contributed by atoms with van der Waals surface area (Å²) in [5.41, 5.74) is 0.804. The van der Waals surface area contributed by atoms with Crippen LogP contribution in [-0.2, 0) is 0 Å². The first-order chi connectivity index (χ1) is 9.74. The summed E-state index contributed by atoms with van der Waals surface area (Å²) in [5.74, 6) is 0.864. The monoisotopic (exact) mass is 267 g/mol. The number of benzene rings is 2. The van der Waals surface area contributed by atoms with Crippen LogP contribution in [0.1, 0.15) is 12.8 Å². The SMILES string of the molecule is CN1CCCC1=NC(=O)Nc1cccc2ccccc12. The fourth-order valence-electron chi connectivity index (χ4n) is 2.53. The first kappa shape index (κ1) is 12.7. The number of urea groups is 1. The average molecular weight is 267 g/mol. The number of anilines is 1. The number of likely N-dealkylation sites (tertiary alicyclic amines) is 1. The Morgan fingerprint density at radius 3 is 2.80 bits per heavy atom. The molecule has 102 valence electrons. The molecule has 1 N–H and O–H groups in total. The van der Waals surface area contributed by atoms with E-state index < -0.39 is 0 Å². The summed E-state index contributed by atoms with van der Waals surface area (Å²) in [7, 11) is 1.97. The number of carbonyl (C=O) groups is 1.